The van der Waals surface area contributed by atoms with Crippen LogP contribution in [0.5, 0.6) is 0 Å². The van der Waals surface area contributed by atoms with E-state index >= 15 is 0 Å². The second-order valence-corrected chi connectivity index (χ2v) is 4.90. The average molecular weight is 319 g/mol. The Labute approximate surface area is 127 Å². The number of hydrogen-bond donors (Lipinski definition) is 1. The number of amides is 1. The van der Waals surface area contributed by atoms with Crippen LogP contribution in [-0.2, 0) is 9.53 Å². The van der Waals surface area contributed by atoms with Crippen molar-refractivity contribution in [3.8, 4) is 0 Å². The Bertz CT molecular complexity index is 481. The molecule has 0 aliphatic carbocycles. The number of unbranched alkanes of at least 4 members (excludes halogenated alkanes) is 2. The zero-order valence-electron chi connectivity index (χ0n) is 11.1. The summed E-state index contributed by atoms with van der Waals surface area (Å²) in [7, 11) is 0. The van der Waals surface area contributed by atoms with E-state index in [1.54, 1.807) is 0 Å². The van der Waals surface area contributed by atoms with Crippen LogP contribution in [-0.4, -0.2) is 30.0 Å². The minimum absolute atomic E-state index is 0.108. The lowest BCUT2D eigenvalue weighted by Crippen LogP contribution is -2.29. The van der Waals surface area contributed by atoms with Gasteiger partial charge < -0.3 is 10.1 Å². The van der Waals surface area contributed by atoms with Crippen LogP contribution in [0, 0.1) is 0 Å². The molecule has 0 atom stereocenters. The summed E-state index contributed by atoms with van der Waals surface area (Å²) in [5.74, 6) is -0.998. The van der Waals surface area contributed by atoms with Crippen molar-refractivity contribution in [3.05, 3.63) is 28.0 Å². The molecular weight excluding hydrogens is 303 g/mol. The zero-order valence-corrected chi connectivity index (χ0v) is 12.6. The lowest BCUT2D eigenvalue weighted by atomic mass is 10.2. The minimum atomic E-state index is -0.667. The van der Waals surface area contributed by atoms with Crippen molar-refractivity contribution < 1.29 is 14.3 Å². The number of carbonyl (C=O) groups is 2. The van der Waals surface area contributed by atoms with E-state index in [1.807, 2.05) is 0 Å². The first kappa shape index (κ1) is 16.7. The van der Waals surface area contributed by atoms with E-state index in [9.17, 15) is 9.59 Å². The predicted molar refractivity (Wildman–Crippen MR) is 77.1 cm³/mol. The summed E-state index contributed by atoms with van der Waals surface area (Å²) in [5.41, 5.74) is 0.151. The van der Waals surface area contributed by atoms with E-state index in [2.05, 4.69) is 17.2 Å². The molecule has 0 saturated carbocycles. The highest BCUT2D eigenvalue weighted by atomic mass is 35.5. The molecule has 0 radical (unpaired) electrons. The summed E-state index contributed by atoms with van der Waals surface area (Å²) < 4.78 is 4.85. The van der Waals surface area contributed by atoms with E-state index in [0.29, 0.717) is 6.54 Å². The average Bonchev–Trinajstić information content (AvgIpc) is 2.44. The highest BCUT2D eigenvalue weighted by Gasteiger charge is 2.12. The van der Waals surface area contributed by atoms with Crippen LogP contribution in [0.25, 0.3) is 0 Å². The number of pyridine rings is 1. The Kier molecular flexibility index (Phi) is 7.33. The summed E-state index contributed by atoms with van der Waals surface area (Å²) in [4.78, 5) is 26.8. The third kappa shape index (κ3) is 5.75. The molecule has 0 spiro atoms. The first-order valence-electron chi connectivity index (χ1n) is 6.29. The van der Waals surface area contributed by atoms with E-state index in [-0.39, 0.29) is 28.3 Å². The Morgan fingerprint density at radius 1 is 1.35 bits per heavy atom. The molecule has 0 bridgehead atoms. The third-order valence-electron chi connectivity index (χ3n) is 2.47. The van der Waals surface area contributed by atoms with Crippen LogP contribution >= 0.6 is 23.2 Å². The van der Waals surface area contributed by atoms with Crippen molar-refractivity contribution >= 4 is 35.1 Å². The van der Waals surface area contributed by atoms with Gasteiger partial charge in [-0.25, -0.2) is 9.78 Å². The molecule has 0 aliphatic heterocycles. The summed E-state index contributed by atoms with van der Waals surface area (Å²) in [5, 5.41) is 2.93. The number of ether oxygens (including phenoxy) is 1. The van der Waals surface area contributed by atoms with Gasteiger partial charge >= 0.3 is 5.97 Å². The standard InChI is InChI=1S/C13H16Cl2N2O3/c1-2-3-4-5-16-11(18)8-20-13(19)9-6-10(14)12(15)17-7-9/h6-7H,2-5,8H2,1H3,(H,16,18). The fourth-order valence-electron chi connectivity index (χ4n) is 1.40. The van der Waals surface area contributed by atoms with E-state index in [1.165, 1.54) is 12.3 Å². The molecule has 1 rings (SSSR count). The highest BCUT2D eigenvalue weighted by Crippen LogP contribution is 2.19. The van der Waals surface area contributed by atoms with Gasteiger partial charge in [-0.1, -0.05) is 43.0 Å². The first-order valence-corrected chi connectivity index (χ1v) is 7.05. The van der Waals surface area contributed by atoms with Gasteiger partial charge in [0.05, 0.1) is 10.6 Å². The van der Waals surface area contributed by atoms with Gasteiger partial charge in [0.2, 0.25) is 0 Å². The molecule has 1 amide bonds. The summed E-state index contributed by atoms with van der Waals surface area (Å²) in [6.45, 7) is 2.33. The quantitative estimate of drug-likeness (QED) is 0.477. The van der Waals surface area contributed by atoms with Gasteiger partial charge in [0.25, 0.3) is 5.91 Å². The van der Waals surface area contributed by atoms with E-state index < -0.39 is 5.97 Å². The van der Waals surface area contributed by atoms with Gasteiger partial charge in [0, 0.05) is 12.7 Å². The molecule has 0 aromatic carbocycles. The topological polar surface area (TPSA) is 68.3 Å². The van der Waals surface area contributed by atoms with Gasteiger partial charge in [0.1, 0.15) is 5.15 Å². The van der Waals surface area contributed by atoms with Crippen molar-refractivity contribution in [3.63, 3.8) is 0 Å². The van der Waals surface area contributed by atoms with Crippen molar-refractivity contribution in [2.24, 2.45) is 0 Å². The zero-order chi connectivity index (χ0) is 15.0. The number of aromatic nitrogens is 1. The van der Waals surface area contributed by atoms with Crippen LogP contribution in [0.1, 0.15) is 36.5 Å². The van der Waals surface area contributed by atoms with Gasteiger partial charge in [-0.3, -0.25) is 4.79 Å². The third-order valence-corrected chi connectivity index (χ3v) is 3.15. The van der Waals surface area contributed by atoms with Crippen LogP contribution in [0.2, 0.25) is 10.2 Å². The maximum atomic E-state index is 11.6. The first-order chi connectivity index (χ1) is 9.54. The number of rotatable bonds is 7. The fraction of sp³-hybridized carbons (Fsp3) is 0.462. The highest BCUT2D eigenvalue weighted by molar-refractivity contribution is 6.41. The lowest BCUT2D eigenvalue weighted by Gasteiger charge is -2.06. The maximum absolute atomic E-state index is 11.6. The number of carbonyl (C=O) groups excluding carboxylic acids is 2. The Morgan fingerprint density at radius 3 is 2.75 bits per heavy atom. The molecule has 0 aliphatic rings. The second-order valence-electron chi connectivity index (χ2n) is 4.13. The largest absolute Gasteiger partial charge is 0.452 e. The van der Waals surface area contributed by atoms with Crippen molar-refractivity contribution in [1.29, 1.82) is 0 Å². The number of nitrogens with zero attached hydrogens (tertiary/aromatic N) is 1. The maximum Gasteiger partial charge on any atom is 0.340 e. The summed E-state index contributed by atoms with van der Waals surface area (Å²) >= 11 is 11.4. The molecule has 110 valence electrons. The van der Waals surface area contributed by atoms with Crippen LogP contribution in [0.4, 0.5) is 0 Å². The van der Waals surface area contributed by atoms with Gasteiger partial charge in [-0.15, -0.1) is 0 Å². The molecule has 0 saturated heterocycles. The van der Waals surface area contributed by atoms with Crippen molar-refractivity contribution in [2.45, 2.75) is 26.2 Å². The monoisotopic (exact) mass is 318 g/mol. The molecule has 1 aromatic rings. The van der Waals surface area contributed by atoms with E-state index in [4.69, 9.17) is 27.9 Å². The van der Waals surface area contributed by atoms with Gasteiger partial charge in [0.15, 0.2) is 6.61 Å². The predicted octanol–water partition coefficient (Wildman–Crippen LogP) is 2.85. The fourth-order valence-corrected chi connectivity index (χ4v) is 1.67. The van der Waals surface area contributed by atoms with E-state index in [0.717, 1.165) is 19.3 Å². The number of hydrogen-bond acceptors (Lipinski definition) is 4. The Hall–Kier alpha value is -1.33. The minimum Gasteiger partial charge on any atom is -0.452 e. The number of esters is 1. The normalized spacial score (nSPS) is 10.2. The van der Waals surface area contributed by atoms with Crippen molar-refractivity contribution in [1.82, 2.24) is 10.3 Å². The number of nitrogens with one attached hydrogen (secondary N) is 1. The Balaban J connectivity index is 2.35. The molecule has 0 unspecified atom stereocenters. The SMILES string of the molecule is CCCCCNC(=O)COC(=O)c1cnc(Cl)c(Cl)c1. The molecule has 5 nitrogen and oxygen atoms in total. The van der Waals surface area contributed by atoms with Gasteiger partial charge in [-0.05, 0) is 12.5 Å². The molecule has 0 fully saturated rings. The lowest BCUT2D eigenvalue weighted by molar-refractivity contribution is -0.124. The molecule has 1 aromatic heterocycles. The van der Waals surface area contributed by atoms with Crippen LogP contribution in [0.15, 0.2) is 12.3 Å². The molecular formula is C13H16Cl2N2O3. The van der Waals surface area contributed by atoms with Crippen LogP contribution in [0.3, 0.4) is 0 Å². The van der Waals surface area contributed by atoms with Crippen molar-refractivity contribution in [2.75, 3.05) is 13.2 Å². The second kappa shape index (κ2) is 8.76. The molecule has 7 heteroatoms. The van der Waals surface area contributed by atoms with Crippen LogP contribution < -0.4 is 5.32 Å². The summed E-state index contributed by atoms with van der Waals surface area (Å²) in [6, 6.07) is 1.35. The smallest absolute Gasteiger partial charge is 0.340 e. The number of halogens is 2. The summed E-state index contributed by atoms with van der Waals surface area (Å²) in [6.07, 6.45) is 4.28. The molecule has 1 heterocycles. The Morgan fingerprint density at radius 2 is 2.10 bits per heavy atom. The molecule has 20 heavy (non-hydrogen) atoms. The molecule has 1 N–H and O–H groups in total. The van der Waals surface area contributed by atoms with Gasteiger partial charge in [-0.2, -0.15) is 0 Å².